The number of ether oxygens (including phenoxy) is 1. The molecule has 5 N–H and O–H groups in total. The van der Waals surface area contributed by atoms with Gasteiger partial charge in [-0.3, -0.25) is 13.8 Å². The van der Waals surface area contributed by atoms with Crippen LogP contribution < -0.4 is 5.73 Å². The predicted octanol–water partition coefficient (Wildman–Crippen LogP) is 0.0996. The third kappa shape index (κ3) is 10.8. The fourth-order valence-corrected chi connectivity index (χ4v) is 1.99. The lowest BCUT2D eigenvalue weighted by Gasteiger charge is -2.18. The summed E-state index contributed by atoms with van der Waals surface area (Å²) in [6, 6.07) is -1.42. The summed E-state index contributed by atoms with van der Waals surface area (Å²) in [6.45, 7) is 1.06. The molecule has 0 saturated heterocycles. The summed E-state index contributed by atoms with van der Waals surface area (Å²) in [4.78, 5) is 19.8. The maximum absolute atomic E-state index is 11.5. The second kappa shape index (κ2) is 11.1. The Morgan fingerprint density at radius 1 is 1.29 bits per heavy atom. The van der Waals surface area contributed by atoms with Crippen molar-refractivity contribution in [2.75, 3.05) is 26.4 Å². The van der Waals surface area contributed by atoms with Crippen LogP contribution in [-0.4, -0.2) is 59.6 Å². The Morgan fingerprint density at radius 3 is 2.43 bits per heavy atom. The minimum absolute atomic E-state index is 0.348. The third-order valence-electron chi connectivity index (χ3n) is 2.46. The number of carboxylic acid groups (broad SMARTS) is 1. The van der Waals surface area contributed by atoms with Crippen LogP contribution in [0.4, 0.5) is 0 Å². The monoisotopic (exact) mass is 329 g/mol. The lowest BCUT2D eigenvalue weighted by Crippen LogP contribution is -2.34. The molecule has 3 unspecified atom stereocenters. The summed E-state index contributed by atoms with van der Waals surface area (Å²) in [5, 5.41) is 17.6. The van der Waals surface area contributed by atoms with E-state index < -0.39 is 32.5 Å². The largest absolute Gasteiger partial charge is 0.480 e. The molecule has 0 spiro atoms. The lowest BCUT2D eigenvalue weighted by atomic mass is 10.3. The number of phosphoric acid groups is 1. The molecule has 126 valence electrons. The number of hydrogen-bond acceptors (Lipinski definition) is 7. The summed E-state index contributed by atoms with van der Waals surface area (Å²) in [5.41, 5.74) is 5.12. The second-order valence-electron chi connectivity index (χ2n) is 4.39. The first-order chi connectivity index (χ1) is 9.82. The van der Waals surface area contributed by atoms with Crippen molar-refractivity contribution < 1.29 is 38.3 Å². The predicted molar refractivity (Wildman–Crippen MR) is 73.7 cm³/mol. The van der Waals surface area contributed by atoms with Crippen LogP contribution in [0.5, 0.6) is 0 Å². The van der Waals surface area contributed by atoms with Crippen LogP contribution in [0.2, 0.25) is 0 Å². The fourth-order valence-electron chi connectivity index (χ4n) is 1.22. The molecule has 0 aromatic rings. The van der Waals surface area contributed by atoms with Gasteiger partial charge in [0.25, 0.3) is 0 Å². The first-order valence-corrected chi connectivity index (χ1v) is 8.14. The molecular weight excluding hydrogens is 305 g/mol. The zero-order valence-corrected chi connectivity index (χ0v) is 12.9. The molecule has 9 nitrogen and oxygen atoms in total. The average Bonchev–Trinajstić information content (AvgIpc) is 2.44. The van der Waals surface area contributed by atoms with Gasteiger partial charge in [-0.25, -0.2) is 4.57 Å². The van der Waals surface area contributed by atoms with Crippen LogP contribution >= 0.6 is 7.82 Å². The molecular formula is C11H24NO8P. The number of rotatable bonds is 13. The van der Waals surface area contributed by atoms with Crippen LogP contribution in [0.15, 0.2) is 0 Å². The maximum atomic E-state index is 11.5. The number of aliphatic hydroxyl groups excluding tert-OH is 1. The second-order valence-corrected chi connectivity index (χ2v) is 5.84. The summed E-state index contributed by atoms with van der Waals surface area (Å²) >= 11 is 0. The first-order valence-electron chi connectivity index (χ1n) is 6.65. The summed E-state index contributed by atoms with van der Waals surface area (Å²) in [7, 11) is -4.43. The third-order valence-corrected chi connectivity index (χ3v) is 3.41. The van der Waals surface area contributed by atoms with Crippen LogP contribution in [0.3, 0.4) is 0 Å². The molecule has 0 aliphatic rings. The van der Waals surface area contributed by atoms with Gasteiger partial charge in [0.05, 0.1) is 19.8 Å². The molecule has 0 fully saturated rings. The normalized spacial score (nSPS) is 17.1. The molecule has 0 heterocycles. The molecule has 0 radical (unpaired) electrons. The van der Waals surface area contributed by atoms with Crippen LogP contribution in [0, 0.1) is 0 Å². The number of carbonyl (C=O) groups is 1. The van der Waals surface area contributed by atoms with E-state index in [1.54, 1.807) is 0 Å². The van der Waals surface area contributed by atoms with E-state index in [1.165, 1.54) is 0 Å². The Morgan fingerprint density at radius 2 is 1.90 bits per heavy atom. The highest BCUT2D eigenvalue weighted by molar-refractivity contribution is 7.47. The molecule has 10 heteroatoms. The van der Waals surface area contributed by atoms with Crippen molar-refractivity contribution in [1.82, 2.24) is 0 Å². The highest BCUT2D eigenvalue weighted by Gasteiger charge is 2.26. The Hall–Kier alpha value is -0.540. The van der Waals surface area contributed by atoms with Crippen molar-refractivity contribution in [3.8, 4) is 0 Å². The standard InChI is InChI=1S/C11H24NO8P/c1-2-3-4-5-18-9(6-13)7-19-21(16,17)20-8-10(12)11(14)15/h9-10,13H,2-8,12H2,1H3,(H,14,15)(H,16,17). The first kappa shape index (κ1) is 20.5. The quantitative estimate of drug-likeness (QED) is 0.272. The van der Waals surface area contributed by atoms with E-state index in [2.05, 4.69) is 9.05 Å². The van der Waals surface area contributed by atoms with Crippen molar-refractivity contribution in [2.45, 2.75) is 38.3 Å². The van der Waals surface area contributed by atoms with Gasteiger partial charge in [-0.05, 0) is 6.42 Å². The number of hydrogen-bond donors (Lipinski definition) is 4. The molecule has 0 aliphatic carbocycles. The van der Waals surface area contributed by atoms with Crippen molar-refractivity contribution in [1.29, 1.82) is 0 Å². The Bertz CT molecular complexity index is 340. The van der Waals surface area contributed by atoms with E-state index in [1.807, 2.05) is 6.92 Å². The van der Waals surface area contributed by atoms with Gasteiger partial charge in [-0.15, -0.1) is 0 Å². The summed E-state index contributed by atoms with van der Waals surface area (Å²) < 4.78 is 25.8. The highest BCUT2D eigenvalue weighted by atomic mass is 31.2. The van der Waals surface area contributed by atoms with Crippen molar-refractivity contribution in [3.05, 3.63) is 0 Å². The number of phosphoric ester groups is 1. The molecule has 21 heavy (non-hydrogen) atoms. The van der Waals surface area contributed by atoms with Gasteiger partial charge in [0.15, 0.2) is 0 Å². The van der Waals surface area contributed by atoms with Gasteiger partial charge >= 0.3 is 13.8 Å². The lowest BCUT2D eigenvalue weighted by molar-refractivity contribution is -0.139. The minimum atomic E-state index is -4.43. The van der Waals surface area contributed by atoms with Gasteiger partial charge in [0.1, 0.15) is 12.1 Å². The smallest absolute Gasteiger partial charge is 0.472 e. The van der Waals surface area contributed by atoms with Gasteiger partial charge in [-0.1, -0.05) is 19.8 Å². The zero-order valence-electron chi connectivity index (χ0n) is 12.0. The number of aliphatic hydroxyl groups is 1. The van der Waals surface area contributed by atoms with Crippen molar-refractivity contribution in [3.63, 3.8) is 0 Å². The maximum Gasteiger partial charge on any atom is 0.472 e. The van der Waals surface area contributed by atoms with Crippen molar-refractivity contribution >= 4 is 13.8 Å². The van der Waals surface area contributed by atoms with E-state index in [0.29, 0.717) is 6.61 Å². The number of nitrogens with two attached hydrogens (primary N) is 1. The molecule has 0 saturated carbocycles. The molecule has 0 bridgehead atoms. The average molecular weight is 329 g/mol. The van der Waals surface area contributed by atoms with E-state index in [4.69, 9.17) is 20.7 Å². The van der Waals surface area contributed by atoms with Gasteiger partial charge in [0, 0.05) is 6.61 Å². The Balaban J connectivity index is 4.02. The topological polar surface area (TPSA) is 149 Å². The SMILES string of the molecule is CCCCCOC(CO)COP(=O)(O)OCC(N)C(=O)O. The molecule has 0 aliphatic heterocycles. The Kier molecular flexibility index (Phi) is 10.8. The van der Waals surface area contributed by atoms with Gasteiger partial charge < -0.3 is 25.6 Å². The number of unbranched alkanes of at least 4 members (excludes halogenated alkanes) is 2. The van der Waals surface area contributed by atoms with Crippen LogP contribution in [0.1, 0.15) is 26.2 Å². The van der Waals surface area contributed by atoms with Crippen molar-refractivity contribution in [2.24, 2.45) is 5.73 Å². The molecule has 0 amide bonds. The van der Waals surface area contributed by atoms with Gasteiger partial charge in [-0.2, -0.15) is 0 Å². The molecule has 0 aromatic heterocycles. The van der Waals surface area contributed by atoms with E-state index in [0.717, 1.165) is 19.3 Å². The van der Waals surface area contributed by atoms with Gasteiger partial charge in [0.2, 0.25) is 0 Å². The van der Waals surface area contributed by atoms with E-state index in [9.17, 15) is 14.3 Å². The highest BCUT2D eigenvalue weighted by Crippen LogP contribution is 2.43. The fraction of sp³-hybridized carbons (Fsp3) is 0.909. The molecule has 3 atom stereocenters. The van der Waals surface area contributed by atoms with E-state index >= 15 is 0 Å². The summed E-state index contributed by atoms with van der Waals surface area (Å²) in [5.74, 6) is -1.36. The summed E-state index contributed by atoms with van der Waals surface area (Å²) in [6.07, 6.45) is 2.06. The van der Waals surface area contributed by atoms with E-state index in [-0.39, 0.29) is 13.2 Å². The number of carboxylic acids is 1. The Labute approximate surface area is 123 Å². The minimum Gasteiger partial charge on any atom is -0.480 e. The number of aliphatic carboxylic acids is 1. The van der Waals surface area contributed by atoms with Crippen LogP contribution in [0.25, 0.3) is 0 Å². The zero-order chi connectivity index (χ0) is 16.3. The van der Waals surface area contributed by atoms with Crippen LogP contribution in [-0.2, 0) is 23.1 Å². The molecule has 0 rings (SSSR count). The molecule has 0 aromatic carbocycles.